The minimum Gasteiger partial charge on any atom is -0.381 e. The van der Waals surface area contributed by atoms with Crippen molar-refractivity contribution in [3.63, 3.8) is 0 Å². The Morgan fingerprint density at radius 2 is 2.67 bits per heavy atom. The molecule has 0 N–H and O–H groups in total. The Hall–Kier alpha value is -1.00. The second-order valence-electron chi connectivity index (χ2n) is 2.11. The first-order chi connectivity index (χ1) is 5.88. The van der Waals surface area contributed by atoms with Gasteiger partial charge in [-0.1, -0.05) is 0 Å². The second-order valence-corrected chi connectivity index (χ2v) is 2.83. The summed E-state index contributed by atoms with van der Waals surface area (Å²) < 4.78 is 4.81. The second kappa shape index (κ2) is 4.79. The van der Waals surface area contributed by atoms with Gasteiger partial charge in [0.2, 0.25) is 0 Å². The standard InChI is InChI=1S/C8H9NO2S/c1-11-3-2-7(4-10)8-5-12-6-9-8/h2,4-6H,3H2,1H3/b7-2-. The SMILES string of the molecule is COC/C=C(/C=O)c1cscn1. The number of hydrogen-bond donors (Lipinski definition) is 0. The lowest BCUT2D eigenvalue weighted by molar-refractivity contribution is -0.103. The fourth-order valence-electron chi connectivity index (χ4n) is 0.741. The summed E-state index contributed by atoms with van der Waals surface area (Å²) in [5.74, 6) is 0. The van der Waals surface area contributed by atoms with Gasteiger partial charge in [-0.3, -0.25) is 4.79 Å². The van der Waals surface area contributed by atoms with E-state index in [1.165, 1.54) is 11.3 Å². The van der Waals surface area contributed by atoms with Gasteiger partial charge in [-0.15, -0.1) is 11.3 Å². The predicted octanol–water partition coefficient (Wildman–Crippen LogP) is 1.37. The largest absolute Gasteiger partial charge is 0.381 e. The van der Waals surface area contributed by atoms with Crippen molar-refractivity contribution in [1.29, 1.82) is 0 Å². The van der Waals surface area contributed by atoms with Crippen LogP contribution < -0.4 is 0 Å². The van der Waals surface area contributed by atoms with Crippen molar-refractivity contribution in [3.8, 4) is 0 Å². The Morgan fingerprint density at radius 1 is 1.83 bits per heavy atom. The number of nitrogens with zero attached hydrogens (tertiary/aromatic N) is 1. The molecule has 3 nitrogen and oxygen atoms in total. The molecule has 0 aliphatic heterocycles. The Labute approximate surface area is 74.7 Å². The molecule has 12 heavy (non-hydrogen) atoms. The summed E-state index contributed by atoms with van der Waals surface area (Å²) in [6, 6.07) is 0. The molecule has 0 radical (unpaired) electrons. The van der Waals surface area contributed by atoms with Crippen molar-refractivity contribution < 1.29 is 9.53 Å². The molecule has 1 aromatic rings. The summed E-state index contributed by atoms with van der Waals surface area (Å²) in [7, 11) is 1.58. The maximum Gasteiger partial charge on any atom is 0.152 e. The van der Waals surface area contributed by atoms with E-state index in [4.69, 9.17) is 4.74 Å². The molecule has 0 fully saturated rings. The molecule has 0 saturated heterocycles. The molecule has 4 heteroatoms. The van der Waals surface area contributed by atoms with E-state index in [0.717, 1.165) is 6.29 Å². The minimum absolute atomic E-state index is 0.436. The molecule has 0 unspecified atom stereocenters. The first-order valence-corrected chi connectivity index (χ1v) is 4.35. The van der Waals surface area contributed by atoms with Gasteiger partial charge in [0.25, 0.3) is 0 Å². The molecule has 0 saturated carbocycles. The van der Waals surface area contributed by atoms with Crippen molar-refractivity contribution in [2.75, 3.05) is 13.7 Å². The number of carbonyl (C=O) groups is 1. The number of aromatic nitrogens is 1. The van der Waals surface area contributed by atoms with Gasteiger partial charge in [0.1, 0.15) is 0 Å². The highest BCUT2D eigenvalue weighted by Crippen LogP contribution is 2.11. The van der Waals surface area contributed by atoms with Crippen LogP contribution in [0.25, 0.3) is 5.57 Å². The molecule has 1 aromatic heterocycles. The Balaban J connectivity index is 2.76. The van der Waals surface area contributed by atoms with Crippen LogP contribution in [0.5, 0.6) is 0 Å². The molecular weight excluding hydrogens is 174 g/mol. The molecule has 0 spiro atoms. The van der Waals surface area contributed by atoms with E-state index in [-0.39, 0.29) is 0 Å². The summed E-state index contributed by atoms with van der Waals surface area (Å²) in [5.41, 5.74) is 2.99. The van der Waals surface area contributed by atoms with Crippen LogP contribution in [0.4, 0.5) is 0 Å². The number of allylic oxidation sites excluding steroid dienone is 1. The van der Waals surface area contributed by atoms with Crippen LogP contribution >= 0.6 is 11.3 Å². The summed E-state index contributed by atoms with van der Waals surface area (Å²) >= 11 is 1.47. The fourth-order valence-corrected chi connectivity index (χ4v) is 1.30. The van der Waals surface area contributed by atoms with Crippen molar-refractivity contribution >= 4 is 23.2 Å². The third-order valence-electron chi connectivity index (χ3n) is 1.32. The first-order valence-electron chi connectivity index (χ1n) is 3.41. The Kier molecular flexibility index (Phi) is 3.63. The van der Waals surface area contributed by atoms with Gasteiger partial charge in [-0.05, 0) is 6.08 Å². The highest BCUT2D eigenvalue weighted by molar-refractivity contribution is 7.07. The lowest BCUT2D eigenvalue weighted by atomic mass is 10.2. The van der Waals surface area contributed by atoms with Crippen LogP contribution in [0, 0.1) is 0 Å². The average Bonchev–Trinajstić information content (AvgIpc) is 2.59. The molecule has 1 heterocycles. The third kappa shape index (κ3) is 2.25. The van der Waals surface area contributed by atoms with Gasteiger partial charge in [0.05, 0.1) is 17.8 Å². The van der Waals surface area contributed by atoms with Crippen LogP contribution in [-0.2, 0) is 9.53 Å². The van der Waals surface area contributed by atoms with Gasteiger partial charge in [-0.25, -0.2) is 4.98 Å². The molecule has 64 valence electrons. The number of aldehydes is 1. The van der Waals surface area contributed by atoms with E-state index in [1.807, 2.05) is 5.38 Å². The molecule has 0 aliphatic rings. The predicted molar refractivity (Wildman–Crippen MR) is 48.0 cm³/mol. The van der Waals surface area contributed by atoms with Gasteiger partial charge in [0, 0.05) is 18.1 Å². The number of rotatable bonds is 4. The molecule has 0 aromatic carbocycles. The van der Waals surface area contributed by atoms with Gasteiger partial charge >= 0.3 is 0 Å². The van der Waals surface area contributed by atoms with E-state index in [1.54, 1.807) is 18.7 Å². The molecule has 0 aliphatic carbocycles. The number of methoxy groups -OCH3 is 1. The zero-order valence-electron chi connectivity index (χ0n) is 6.69. The Bertz CT molecular complexity index is 267. The smallest absolute Gasteiger partial charge is 0.152 e. The fraction of sp³-hybridized carbons (Fsp3) is 0.250. The zero-order valence-corrected chi connectivity index (χ0v) is 7.50. The number of thiazole rings is 1. The quantitative estimate of drug-likeness (QED) is 0.523. The van der Waals surface area contributed by atoms with Crippen molar-refractivity contribution in [2.24, 2.45) is 0 Å². The van der Waals surface area contributed by atoms with Crippen LogP contribution in [0.15, 0.2) is 17.0 Å². The molecule has 0 atom stereocenters. The monoisotopic (exact) mass is 183 g/mol. The van der Waals surface area contributed by atoms with E-state index < -0.39 is 0 Å². The zero-order chi connectivity index (χ0) is 8.81. The highest BCUT2D eigenvalue weighted by Gasteiger charge is 2.00. The van der Waals surface area contributed by atoms with Crippen LogP contribution in [0.1, 0.15) is 5.69 Å². The summed E-state index contributed by atoms with van der Waals surface area (Å²) in [6.45, 7) is 0.436. The Morgan fingerprint density at radius 3 is 3.17 bits per heavy atom. The van der Waals surface area contributed by atoms with Crippen molar-refractivity contribution in [3.05, 3.63) is 22.7 Å². The average molecular weight is 183 g/mol. The number of carbonyl (C=O) groups excluding carboxylic acids is 1. The normalized spacial score (nSPS) is 11.6. The van der Waals surface area contributed by atoms with Crippen molar-refractivity contribution in [1.82, 2.24) is 4.98 Å². The third-order valence-corrected chi connectivity index (χ3v) is 1.91. The molecular formula is C8H9NO2S. The number of ether oxygens (including phenoxy) is 1. The first kappa shape index (κ1) is 9.09. The van der Waals surface area contributed by atoms with Gasteiger partial charge < -0.3 is 4.74 Å². The van der Waals surface area contributed by atoms with Gasteiger partial charge in [0.15, 0.2) is 6.29 Å². The maximum absolute atomic E-state index is 10.6. The highest BCUT2D eigenvalue weighted by atomic mass is 32.1. The summed E-state index contributed by atoms with van der Waals surface area (Å²) in [5, 5.41) is 1.83. The maximum atomic E-state index is 10.6. The van der Waals surface area contributed by atoms with E-state index in [2.05, 4.69) is 4.98 Å². The molecule has 0 amide bonds. The lowest BCUT2D eigenvalue weighted by Gasteiger charge is -1.93. The van der Waals surface area contributed by atoms with E-state index in [9.17, 15) is 4.79 Å². The lowest BCUT2D eigenvalue weighted by Crippen LogP contribution is -1.89. The molecule has 1 rings (SSSR count). The van der Waals surface area contributed by atoms with E-state index in [0.29, 0.717) is 17.9 Å². The minimum atomic E-state index is 0.436. The number of hydrogen-bond acceptors (Lipinski definition) is 4. The van der Waals surface area contributed by atoms with Crippen LogP contribution in [0.3, 0.4) is 0 Å². The van der Waals surface area contributed by atoms with Crippen LogP contribution in [0.2, 0.25) is 0 Å². The van der Waals surface area contributed by atoms with Crippen molar-refractivity contribution in [2.45, 2.75) is 0 Å². The summed E-state index contributed by atoms with van der Waals surface area (Å²) in [6.07, 6.45) is 2.50. The molecule has 0 bridgehead atoms. The topological polar surface area (TPSA) is 39.2 Å². The van der Waals surface area contributed by atoms with Gasteiger partial charge in [-0.2, -0.15) is 0 Å². The summed E-state index contributed by atoms with van der Waals surface area (Å²) in [4.78, 5) is 14.6. The van der Waals surface area contributed by atoms with Crippen LogP contribution in [-0.4, -0.2) is 25.0 Å². The van der Waals surface area contributed by atoms with E-state index >= 15 is 0 Å².